The van der Waals surface area contributed by atoms with Crippen molar-refractivity contribution >= 4 is 31.9 Å². The molecule has 138 valence electrons. The van der Waals surface area contributed by atoms with E-state index in [2.05, 4.69) is 15.9 Å². The van der Waals surface area contributed by atoms with Crippen molar-refractivity contribution < 1.29 is 18.3 Å². The van der Waals surface area contributed by atoms with Gasteiger partial charge in [-0.15, -0.1) is 0 Å². The second kappa shape index (κ2) is 7.38. The molecule has 2 aromatic carbocycles. The molecule has 8 heteroatoms. The summed E-state index contributed by atoms with van der Waals surface area (Å²) < 4.78 is 27.5. The van der Waals surface area contributed by atoms with Crippen LogP contribution in [-0.2, 0) is 10.0 Å². The molecule has 0 atom stereocenters. The number of carbonyl (C=O) groups excluding carboxylic acids is 1. The quantitative estimate of drug-likeness (QED) is 0.798. The lowest BCUT2D eigenvalue weighted by Gasteiger charge is -2.34. The lowest BCUT2D eigenvalue weighted by atomic mass is 10.1. The molecule has 1 aliphatic rings. The van der Waals surface area contributed by atoms with Crippen LogP contribution in [0.2, 0.25) is 0 Å². The van der Waals surface area contributed by atoms with Gasteiger partial charge in [-0.2, -0.15) is 4.31 Å². The Balaban J connectivity index is 1.74. The van der Waals surface area contributed by atoms with Gasteiger partial charge in [0.2, 0.25) is 10.0 Å². The van der Waals surface area contributed by atoms with Crippen molar-refractivity contribution in [3.8, 4) is 5.75 Å². The van der Waals surface area contributed by atoms with E-state index in [9.17, 15) is 18.3 Å². The van der Waals surface area contributed by atoms with E-state index in [1.54, 1.807) is 54.3 Å². The van der Waals surface area contributed by atoms with Gasteiger partial charge in [0.15, 0.2) is 0 Å². The Kier molecular flexibility index (Phi) is 5.36. The van der Waals surface area contributed by atoms with Crippen molar-refractivity contribution in [3.05, 3.63) is 58.1 Å². The van der Waals surface area contributed by atoms with Crippen LogP contribution < -0.4 is 0 Å². The second-order valence-corrected chi connectivity index (χ2v) is 8.86. The smallest absolute Gasteiger partial charge is 0.257 e. The topological polar surface area (TPSA) is 77.9 Å². The van der Waals surface area contributed by atoms with Crippen molar-refractivity contribution in [2.45, 2.75) is 11.8 Å². The molecule has 0 unspecified atom stereocenters. The molecule has 0 aliphatic carbocycles. The third-order valence-electron chi connectivity index (χ3n) is 4.45. The number of para-hydroxylation sites is 1. The molecule has 0 spiro atoms. The highest BCUT2D eigenvalue weighted by Gasteiger charge is 2.32. The molecule has 0 radical (unpaired) electrons. The van der Waals surface area contributed by atoms with Crippen LogP contribution in [0.1, 0.15) is 15.9 Å². The molecule has 6 nitrogen and oxygen atoms in total. The van der Waals surface area contributed by atoms with Crippen LogP contribution in [0.3, 0.4) is 0 Å². The monoisotopic (exact) mass is 438 g/mol. The first-order valence-corrected chi connectivity index (χ1v) is 10.4. The summed E-state index contributed by atoms with van der Waals surface area (Å²) >= 11 is 3.28. The van der Waals surface area contributed by atoms with Crippen LogP contribution in [0.4, 0.5) is 0 Å². The van der Waals surface area contributed by atoms with Crippen LogP contribution in [0.15, 0.2) is 51.8 Å². The minimum atomic E-state index is -3.62. The number of hydrogen-bond acceptors (Lipinski definition) is 4. The largest absolute Gasteiger partial charge is 0.507 e. The third kappa shape index (κ3) is 3.49. The van der Waals surface area contributed by atoms with Crippen LogP contribution >= 0.6 is 15.9 Å². The molecule has 0 saturated carbocycles. The highest BCUT2D eigenvalue weighted by atomic mass is 79.9. The van der Waals surface area contributed by atoms with Crippen molar-refractivity contribution in [2.24, 2.45) is 0 Å². The van der Waals surface area contributed by atoms with E-state index >= 15 is 0 Å². The Bertz CT molecular complexity index is 938. The number of phenolic OH excluding ortho intramolecular Hbond substituents is 1. The lowest BCUT2D eigenvalue weighted by molar-refractivity contribution is 0.0694. The minimum Gasteiger partial charge on any atom is -0.507 e. The summed E-state index contributed by atoms with van der Waals surface area (Å²) in [6, 6.07) is 11.7. The van der Waals surface area contributed by atoms with Gasteiger partial charge in [-0.3, -0.25) is 4.79 Å². The zero-order chi connectivity index (χ0) is 18.9. The number of benzene rings is 2. The SMILES string of the molecule is Cc1cccc(C(=O)N2CCN(S(=O)(=O)c3ccccc3Br)CC2)c1O. The van der Waals surface area contributed by atoms with E-state index < -0.39 is 10.0 Å². The lowest BCUT2D eigenvalue weighted by Crippen LogP contribution is -2.50. The van der Waals surface area contributed by atoms with Crippen molar-refractivity contribution in [1.82, 2.24) is 9.21 Å². The number of hydrogen-bond donors (Lipinski definition) is 1. The maximum atomic E-state index is 12.8. The van der Waals surface area contributed by atoms with Gasteiger partial charge in [0.05, 0.1) is 10.5 Å². The Morgan fingerprint density at radius 2 is 1.69 bits per heavy atom. The number of amides is 1. The molecular formula is C18H19BrN2O4S. The summed E-state index contributed by atoms with van der Waals surface area (Å²) in [6.45, 7) is 2.70. The third-order valence-corrected chi connectivity index (χ3v) is 7.36. The number of piperazine rings is 1. The Morgan fingerprint density at radius 1 is 1.04 bits per heavy atom. The van der Waals surface area contributed by atoms with Gasteiger partial charge in [-0.05, 0) is 46.6 Å². The van der Waals surface area contributed by atoms with Crippen molar-refractivity contribution in [2.75, 3.05) is 26.2 Å². The molecule has 1 fully saturated rings. The normalized spacial score (nSPS) is 15.8. The molecule has 1 aliphatic heterocycles. The van der Waals surface area contributed by atoms with Gasteiger partial charge in [0.25, 0.3) is 5.91 Å². The standard InChI is InChI=1S/C18H19BrN2O4S/c1-13-5-4-6-14(17(13)22)18(23)20-9-11-21(12-10-20)26(24,25)16-8-3-2-7-15(16)19/h2-8,22H,9-12H2,1H3. The fourth-order valence-electron chi connectivity index (χ4n) is 2.93. The Morgan fingerprint density at radius 3 is 2.35 bits per heavy atom. The van der Waals surface area contributed by atoms with Crippen molar-refractivity contribution in [1.29, 1.82) is 0 Å². The summed E-state index contributed by atoms with van der Waals surface area (Å²) in [5.41, 5.74) is 0.873. The number of aryl methyl sites for hydroxylation is 1. The highest BCUT2D eigenvalue weighted by Crippen LogP contribution is 2.27. The van der Waals surface area contributed by atoms with E-state index in [-0.39, 0.29) is 48.3 Å². The summed E-state index contributed by atoms with van der Waals surface area (Å²) in [5, 5.41) is 10.1. The number of carbonyl (C=O) groups is 1. The second-order valence-electron chi connectivity index (χ2n) is 6.10. The van der Waals surface area contributed by atoms with E-state index in [4.69, 9.17) is 0 Å². The zero-order valence-corrected chi connectivity index (χ0v) is 16.6. The molecule has 1 N–H and O–H groups in total. The van der Waals surface area contributed by atoms with Gasteiger partial charge in [0.1, 0.15) is 5.75 Å². The van der Waals surface area contributed by atoms with Gasteiger partial charge < -0.3 is 10.0 Å². The molecule has 1 saturated heterocycles. The molecule has 0 aromatic heterocycles. The Hall–Kier alpha value is -1.90. The van der Waals surface area contributed by atoms with E-state index in [1.807, 2.05) is 0 Å². The van der Waals surface area contributed by atoms with Gasteiger partial charge in [-0.25, -0.2) is 8.42 Å². The first kappa shape index (κ1) is 18.9. The van der Waals surface area contributed by atoms with Gasteiger partial charge >= 0.3 is 0 Å². The van der Waals surface area contributed by atoms with Gasteiger partial charge in [-0.1, -0.05) is 24.3 Å². The molecule has 1 amide bonds. The predicted molar refractivity (Wildman–Crippen MR) is 102 cm³/mol. The molecular weight excluding hydrogens is 420 g/mol. The number of nitrogens with zero attached hydrogens (tertiary/aromatic N) is 2. The van der Waals surface area contributed by atoms with E-state index in [0.717, 1.165) is 0 Å². The number of sulfonamides is 1. The molecule has 26 heavy (non-hydrogen) atoms. The Labute approximate surface area is 161 Å². The number of phenols is 1. The first-order chi connectivity index (χ1) is 12.3. The van der Waals surface area contributed by atoms with Crippen molar-refractivity contribution in [3.63, 3.8) is 0 Å². The summed E-state index contributed by atoms with van der Waals surface area (Å²) in [7, 11) is -3.62. The number of halogens is 1. The number of rotatable bonds is 3. The first-order valence-electron chi connectivity index (χ1n) is 8.15. The highest BCUT2D eigenvalue weighted by molar-refractivity contribution is 9.10. The maximum absolute atomic E-state index is 12.8. The molecule has 0 bridgehead atoms. The van der Waals surface area contributed by atoms with Crippen LogP contribution in [0, 0.1) is 6.92 Å². The maximum Gasteiger partial charge on any atom is 0.257 e. The van der Waals surface area contributed by atoms with E-state index in [0.29, 0.717) is 10.0 Å². The summed E-state index contributed by atoms with van der Waals surface area (Å²) in [4.78, 5) is 14.4. The zero-order valence-electron chi connectivity index (χ0n) is 14.2. The van der Waals surface area contributed by atoms with Gasteiger partial charge in [0, 0.05) is 30.7 Å². The summed E-state index contributed by atoms with van der Waals surface area (Å²) in [5.74, 6) is -0.315. The average molecular weight is 439 g/mol. The molecule has 2 aromatic rings. The van der Waals surface area contributed by atoms with E-state index in [1.165, 1.54) is 4.31 Å². The van der Waals surface area contributed by atoms with Crippen LogP contribution in [-0.4, -0.2) is 54.8 Å². The fourth-order valence-corrected chi connectivity index (χ4v) is 5.31. The minimum absolute atomic E-state index is 0.0271. The molecule has 3 rings (SSSR count). The van der Waals surface area contributed by atoms with Crippen LogP contribution in [0.5, 0.6) is 5.75 Å². The number of aromatic hydroxyl groups is 1. The molecule has 1 heterocycles. The average Bonchev–Trinajstić information content (AvgIpc) is 2.64. The predicted octanol–water partition coefficient (Wildman–Crippen LogP) is 2.61. The van der Waals surface area contributed by atoms with Crippen LogP contribution in [0.25, 0.3) is 0 Å². The fraction of sp³-hybridized carbons (Fsp3) is 0.278. The summed E-state index contributed by atoms with van der Waals surface area (Å²) in [6.07, 6.45) is 0.